The summed E-state index contributed by atoms with van der Waals surface area (Å²) in [5.74, 6) is -1.33. The molecule has 0 unspecified atom stereocenters. The molecule has 2 aromatic carbocycles. The van der Waals surface area contributed by atoms with Gasteiger partial charge in [-0.15, -0.1) is 0 Å². The molecule has 0 spiro atoms. The van der Waals surface area contributed by atoms with Gasteiger partial charge in [0.2, 0.25) is 10.0 Å². The van der Waals surface area contributed by atoms with E-state index in [-0.39, 0.29) is 52.7 Å². The zero-order valence-electron chi connectivity index (χ0n) is 17.9. The average molecular weight is 484 g/mol. The molecule has 0 bridgehead atoms. The number of sulfonamides is 1. The molecule has 0 saturated carbocycles. The third-order valence-electron chi connectivity index (χ3n) is 5.78. The van der Waals surface area contributed by atoms with Gasteiger partial charge in [-0.3, -0.25) is 4.31 Å². The minimum atomic E-state index is -3.49. The lowest BCUT2D eigenvalue weighted by molar-refractivity contribution is 0.422. The van der Waals surface area contributed by atoms with Crippen molar-refractivity contribution >= 4 is 26.7 Å². The van der Waals surface area contributed by atoms with Crippen LogP contribution in [0.3, 0.4) is 0 Å². The van der Waals surface area contributed by atoms with Crippen LogP contribution in [0.15, 0.2) is 63.9 Å². The molecule has 0 radical (unpaired) electrons. The molecular weight excluding hydrogens is 466 g/mol. The van der Waals surface area contributed by atoms with E-state index >= 15 is 4.39 Å². The van der Waals surface area contributed by atoms with E-state index in [0.717, 1.165) is 4.31 Å². The van der Waals surface area contributed by atoms with Crippen LogP contribution >= 0.6 is 0 Å². The number of aromatic nitrogens is 1. The second-order valence-corrected chi connectivity index (χ2v) is 9.87. The maximum atomic E-state index is 15.2. The van der Waals surface area contributed by atoms with E-state index < -0.39 is 27.3 Å². The monoisotopic (exact) mass is 484 g/mol. The Hall–Kier alpha value is -3.79. The molecule has 10 heteroatoms. The molecule has 7 nitrogen and oxygen atoms in total. The van der Waals surface area contributed by atoms with Gasteiger partial charge in [0.25, 0.3) is 5.88 Å². The topological polar surface area (TPSA) is 89.7 Å². The minimum Gasteiger partial charge on any atom is -0.436 e. The zero-order chi connectivity index (χ0) is 24.0. The normalized spacial score (nSPS) is 14.7. The number of halogens is 2. The van der Waals surface area contributed by atoms with Crippen molar-refractivity contribution < 1.29 is 26.4 Å². The molecule has 0 amide bonds. The van der Waals surface area contributed by atoms with Gasteiger partial charge in [0.1, 0.15) is 11.3 Å². The Bertz CT molecular complexity index is 1600. The Morgan fingerprint density at radius 2 is 1.97 bits per heavy atom. The summed E-state index contributed by atoms with van der Waals surface area (Å²) in [6.07, 6.45) is 1.32. The van der Waals surface area contributed by atoms with Gasteiger partial charge in [0.05, 0.1) is 11.4 Å². The van der Waals surface area contributed by atoms with Crippen molar-refractivity contribution in [1.82, 2.24) is 4.98 Å². The summed E-state index contributed by atoms with van der Waals surface area (Å²) in [4.78, 5) is 16.6. The third-order valence-corrected chi connectivity index (χ3v) is 7.53. The molecule has 5 rings (SSSR count). The summed E-state index contributed by atoms with van der Waals surface area (Å²) >= 11 is 0. The van der Waals surface area contributed by atoms with Crippen molar-refractivity contribution in [1.29, 1.82) is 0 Å². The fourth-order valence-corrected chi connectivity index (χ4v) is 4.99. The number of anilines is 1. The van der Waals surface area contributed by atoms with Gasteiger partial charge in [0, 0.05) is 36.2 Å². The van der Waals surface area contributed by atoms with E-state index in [0.29, 0.717) is 10.9 Å². The molecule has 3 heterocycles. The first-order valence-electron chi connectivity index (χ1n) is 10.4. The number of pyridine rings is 1. The lowest BCUT2D eigenvalue weighted by Gasteiger charge is -2.32. The second-order valence-electron chi connectivity index (χ2n) is 7.86. The van der Waals surface area contributed by atoms with E-state index in [4.69, 9.17) is 9.15 Å². The first-order valence-corrected chi connectivity index (χ1v) is 12.0. The van der Waals surface area contributed by atoms with Crippen LogP contribution in [-0.2, 0) is 16.4 Å². The molecule has 1 fully saturated rings. The molecule has 0 aliphatic carbocycles. The highest BCUT2D eigenvalue weighted by molar-refractivity contribution is 7.94. The maximum absolute atomic E-state index is 15.2. The van der Waals surface area contributed by atoms with Crippen LogP contribution in [-0.4, -0.2) is 25.7 Å². The van der Waals surface area contributed by atoms with Crippen molar-refractivity contribution in [2.24, 2.45) is 0 Å². The SMILES string of the molecule is Cc1c(Cc2cccc(N3CCS3(=O)=O)c2F)c(=O)oc2cc(Oc3ncccc3F)ccc12. The number of rotatable bonds is 5. The number of nitrogens with zero attached hydrogens (tertiary/aromatic N) is 2. The lowest BCUT2D eigenvalue weighted by atomic mass is 9.99. The molecule has 0 N–H and O–H groups in total. The van der Waals surface area contributed by atoms with E-state index in [9.17, 15) is 17.6 Å². The maximum Gasteiger partial charge on any atom is 0.340 e. The van der Waals surface area contributed by atoms with Crippen LogP contribution in [0.5, 0.6) is 11.6 Å². The summed E-state index contributed by atoms with van der Waals surface area (Å²) < 4.78 is 64.7. The van der Waals surface area contributed by atoms with E-state index in [1.165, 1.54) is 36.5 Å². The van der Waals surface area contributed by atoms with Crippen LogP contribution in [0, 0.1) is 18.6 Å². The highest BCUT2D eigenvalue weighted by atomic mass is 32.2. The van der Waals surface area contributed by atoms with E-state index in [2.05, 4.69) is 4.98 Å². The van der Waals surface area contributed by atoms with Crippen molar-refractivity contribution in [2.45, 2.75) is 13.3 Å². The van der Waals surface area contributed by atoms with E-state index in [1.54, 1.807) is 25.1 Å². The van der Waals surface area contributed by atoms with Crippen LogP contribution in [0.1, 0.15) is 16.7 Å². The predicted molar refractivity (Wildman–Crippen MR) is 122 cm³/mol. The number of hydrogen-bond donors (Lipinski definition) is 0. The second kappa shape index (κ2) is 8.21. The summed E-state index contributed by atoms with van der Waals surface area (Å²) in [6.45, 7) is 1.93. The van der Waals surface area contributed by atoms with Crippen LogP contribution in [0.4, 0.5) is 14.5 Å². The number of aryl methyl sites for hydroxylation is 1. The summed E-state index contributed by atoms with van der Waals surface area (Å²) in [5, 5.41) is 0.602. The Labute approximate surface area is 193 Å². The van der Waals surface area contributed by atoms with Gasteiger partial charge >= 0.3 is 5.63 Å². The van der Waals surface area contributed by atoms with Gasteiger partial charge in [-0.05, 0) is 48.4 Å². The first kappa shape index (κ1) is 22.0. The summed E-state index contributed by atoms with van der Waals surface area (Å²) in [6, 6.07) is 11.8. The molecule has 4 aromatic rings. The number of fused-ring (bicyclic) bond motifs is 1. The van der Waals surface area contributed by atoms with Gasteiger partial charge in [-0.2, -0.15) is 0 Å². The molecule has 1 saturated heterocycles. The number of hydrogen-bond acceptors (Lipinski definition) is 6. The predicted octanol–water partition coefficient (Wildman–Crippen LogP) is 4.31. The highest BCUT2D eigenvalue weighted by Gasteiger charge is 2.34. The minimum absolute atomic E-state index is 0.0251. The highest BCUT2D eigenvalue weighted by Crippen LogP contribution is 2.32. The number of benzene rings is 2. The van der Waals surface area contributed by atoms with Gasteiger partial charge in [0.15, 0.2) is 11.6 Å². The molecule has 2 aromatic heterocycles. The van der Waals surface area contributed by atoms with Crippen molar-refractivity contribution in [3.8, 4) is 11.6 Å². The Kier molecular flexibility index (Phi) is 5.32. The summed E-state index contributed by atoms with van der Waals surface area (Å²) in [5.41, 5.74) is 0.547. The molecule has 1 aliphatic rings. The Balaban J connectivity index is 1.49. The van der Waals surface area contributed by atoms with Crippen molar-refractivity contribution in [2.75, 3.05) is 16.6 Å². The van der Waals surface area contributed by atoms with Crippen molar-refractivity contribution in [3.63, 3.8) is 0 Å². The van der Waals surface area contributed by atoms with Gasteiger partial charge < -0.3 is 9.15 Å². The van der Waals surface area contributed by atoms with Crippen LogP contribution < -0.4 is 14.7 Å². The van der Waals surface area contributed by atoms with E-state index in [1.807, 2.05) is 0 Å². The van der Waals surface area contributed by atoms with Gasteiger partial charge in [-0.1, -0.05) is 12.1 Å². The molecule has 0 atom stereocenters. The van der Waals surface area contributed by atoms with Crippen LogP contribution in [0.25, 0.3) is 11.0 Å². The van der Waals surface area contributed by atoms with Crippen LogP contribution in [0.2, 0.25) is 0 Å². The molecular formula is C24H18F2N2O5S. The fourth-order valence-electron chi connectivity index (χ4n) is 3.89. The first-order chi connectivity index (χ1) is 16.2. The quantitative estimate of drug-likeness (QED) is 0.392. The standard InChI is InChI=1S/C24H18F2N2O5S/c1-14-17-8-7-16(32-23-19(25)5-3-9-27-23)13-21(17)33-24(29)18(14)12-15-4-2-6-20(22(15)26)28-10-11-34(28,30)31/h2-9,13H,10-12H2,1H3. The average Bonchev–Trinajstić information content (AvgIpc) is 2.79. The lowest BCUT2D eigenvalue weighted by Crippen LogP contribution is -2.48. The van der Waals surface area contributed by atoms with Crippen molar-refractivity contribution in [3.05, 3.63) is 93.5 Å². The largest absolute Gasteiger partial charge is 0.436 e. The summed E-state index contributed by atoms with van der Waals surface area (Å²) in [7, 11) is -3.49. The molecule has 34 heavy (non-hydrogen) atoms. The third kappa shape index (κ3) is 3.79. The van der Waals surface area contributed by atoms with Gasteiger partial charge in [-0.25, -0.2) is 27.0 Å². The Morgan fingerprint density at radius 1 is 1.15 bits per heavy atom. The number of ether oxygens (including phenoxy) is 1. The molecule has 174 valence electrons. The smallest absolute Gasteiger partial charge is 0.340 e. The zero-order valence-corrected chi connectivity index (χ0v) is 18.7. The molecule has 1 aliphatic heterocycles. The fraction of sp³-hybridized carbons (Fsp3) is 0.167. The Morgan fingerprint density at radius 3 is 2.68 bits per heavy atom.